The summed E-state index contributed by atoms with van der Waals surface area (Å²) in [7, 11) is -3.00. The van der Waals surface area contributed by atoms with E-state index in [1.54, 1.807) is 35.0 Å². The second kappa shape index (κ2) is 14.9. The molecule has 2 aliphatic heterocycles. The molecule has 4 heterocycles. The van der Waals surface area contributed by atoms with Crippen LogP contribution in [-0.4, -0.2) is 64.7 Å². The van der Waals surface area contributed by atoms with Crippen LogP contribution < -0.4 is 5.43 Å². The minimum absolute atomic E-state index is 0.0777. The van der Waals surface area contributed by atoms with Gasteiger partial charge in [0.1, 0.15) is 0 Å². The number of thiol groups is 1. The fourth-order valence-electron chi connectivity index (χ4n) is 5.60. The van der Waals surface area contributed by atoms with E-state index in [2.05, 4.69) is 17.3 Å². The number of hydrogen-bond donors (Lipinski definition) is 2. The zero-order valence-corrected chi connectivity index (χ0v) is 28.7. The molecule has 0 atom stereocenters. The van der Waals surface area contributed by atoms with Gasteiger partial charge in [0.05, 0.1) is 32.7 Å². The lowest BCUT2D eigenvalue weighted by molar-refractivity contribution is 0.0729. The minimum atomic E-state index is -3.00. The maximum Gasteiger partial charge on any atom is 0.286 e. The van der Waals surface area contributed by atoms with Gasteiger partial charge in [0.15, 0.2) is 5.69 Å². The predicted molar refractivity (Wildman–Crippen MR) is 184 cm³/mol. The molecule has 0 aliphatic carbocycles. The molecule has 2 aliphatic rings. The Balaban J connectivity index is 1.50. The van der Waals surface area contributed by atoms with Crippen LogP contribution in [0.4, 0.5) is 0 Å². The van der Waals surface area contributed by atoms with Crippen LogP contribution in [0.5, 0.6) is 0 Å². The Morgan fingerprint density at radius 3 is 2.28 bits per heavy atom. The summed E-state index contributed by atoms with van der Waals surface area (Å²) in [6.45, 7) is 2.59. The van der Waals surface area contributed by atoms with Gasteiger partial charge in [-0.1, -0.05) is 53.1 Å². The van der Waals surface area contributed by atoms with Gasteiger partial charge in [0.2, 0.25) is 10.9 Å². The summed E-state index contributed by atoms with van der Waals surface area (Å²) in [5.74, 6) is 5.95. The Labute approximate surface area is 288 Å². The van der Waals surface area contributed by atoms with E-state index in [4.69, 9.17) is 39.9 Å². The summed E-state index contributed by atoms with van der Waals surface area (Å²) in [4.78, 5) is 15.5. The molecule has 240 valence electrons. The van der Waals surface area contributed by atoms with E-state index in [-0.39, 0.29) is 12.2 Å². The summed E-state index contributed by atoms with van der Waals surface area (Å²) in [5, 5.41) is 9.95. The van der Waals surface area contributed by atoms with Crippen LogP contribution in [-0.2, 0) is 17.4 Å². The van der Waals surface area contributed by atoms with Gasteiger partial charge < -0.3 is 0 Å². The summed E-state index contributed by atoms with van der Waals surface area (Å²) in [5.41, 5.74) is 5.47. The van der Waals surface area contributed by atoms with Crippen molar-refractivity contribution in [2.24, 2.45) is 0 Å². The highest BCUT2D eigenvalue weighted by Gasteiger charge is 2.32. The van der Waals surface area contributed by atoms with Gasteiger partial charge in [-0.3, -0.25) is 10.2 Å². The molecule has 46 heavy (non-hydrogen) atoms. The van der Waals surface area contributed by atoms with Gasteiger partial charge in [-0.2, -0.15) is 5.10 Å². The highest BCUT2D eigenvalue weighted by molar-refractivity contribution is 7.69. The summed E-state index contributed by atoms with van der Waals surface area (Å²) >= 11 is 20.4. The van der Waals surface area contributed by atoms with Gasteiger partial charge in [0, 0.05) is 47.4 Å². The summed E-state index contributed by atoms with van der Waals surface area (Å²) < 4.78 is 28.3. The van der Waals surface area contributed by atoms with Crippen molar-refractivity contribution in [3.05, 3.63) is 91.4 Å². The molecular formula is C32H31Cl3N6O3S2. The van der Waals surface area contributed by atoms with Crippen LogP contribution in [0, 0.1) is 11.8 Å². The second-order valence-corrected chi connectivity index (χ2v) is 14.3. The number of hydrogen-bond acceptors (Lipinski definition) is 7. The van der Waals surface area contributed by atoms with Crippen molar-refractivity contribution in [2.75, 3.05) is 26.2 Å². The number of nitrogens with one attached hydrogen (secondary N) is 1. The van der Waals surface area contributed by atoms with Gasteiger partial charge in [-0.15, -0.1) is 15.8 Å². The maximum absolute atomic E-state index is 14.0. The number of nitrogens with zero attached hydrogens (tertiary/aromatic N) is 5. The molecule has 1 N–H and O–H groups in total. The van der Waals surface area contributed by atoms with Crippen LogP contribution in [0.1, 0.15) is 58.6 Å². The molecule has 0 bridgehead atoms. The van der Waals surface area contributed by atoms with E-state index < -0.39 is 16.8 Å². The molecular weight excluding hydrogens is 687 g/mol. The van der Waals surface area contributed by atoms with Crippen molar-refractivity contribution in [2.45, 2.75) is 38.6 Å². The number of aromatic nitrogens is 2. The Morgan fingerprint density at radius 2 is 1.59 bits per heavy atom. The molecule has 9 nitrogen and oxygen atoms in total. The first kappa shape index (κ1) is 33.0. The standard InChI is InChI=1S/C32H31Cl3N6O3S2/c33-23-9-6-22(7-10-23)8-12-25-13-15-29(45-25)31-26(21-40(46(43)44)39-18-4-5-19-39)30(32(42)37-38-16-2-1-3-17-38)36-41(31)28-14-11-24(34)20-27(28)35/h6-7,9-11,13-15,20,46H,1-5,16-19,21H2,(H,37,42). The monoisotopic (exact) mass is 716 g/mol. The van der Waals surface area contributed by atoms with Gasteiger partial charge in [-0.25, -0.2) is 23.1 Å². The predicted octanol–water partition coefficient (Wildman–Crippen LogP) is 6.43. The second-order valence-electron chi connectivity index (χ2n) is 11.0. The number of carbonyl (C=O) groups excluding carboxylic acids is 1. The number of thiophene rings is 1. The molecule has 0 unspecified atom stereocenters. The highest BCUT2D eigenvalue weighted by Crippen LogP contribution is 2.37. The average Bonchev–Trinajstić information content (AvgIpc) is 3.80. The number of piperidine rings is 1. The van der Waals surface area contributed by atoms with Crippen LogP contribution >= 0.6 is 46.1 Å². The fourth-order valence-corrected chi connectivity index (χ4v) is 7.77. The molecule has 1 amide bonds. The Kier molecular flexibility index (Phi) is 10.7. The molecule has 0 saturated carbocycles. The largest absolute Gasteiger partial charge is 0.286 e. The SMILES string of the molecule is O=C(NN1CCCCC1)c1nn(-c2ccc(Cl)cc2Cl)c(-c2ccc(C#Cc3ccc(Cl)cc3)s2)c1CN(N1CCCC1)[SH](=O)=O. The third-order valence-corrected chi connectivity index (χ3v) is 10.4. The van der Waals surface area contributed by atoms with E-state index in [9.17, 15) is 13.2 Å². The first-order chi connectivity index (χ1) is 22.3. The van der Waals surface area contributed by atoms with Crippen molar-refractivity contribution < 1.29 is 13.2 Å². The zero-order chi connectivity index (χ0) is 32.2. The molecule has 2 aromatic heterocycles. The van der Waals surface area contributed by atoms with Crippen molar-refractivity contribution in [1.29, 1.82) is 0 Å². The molecule has 4 aromatic rings. The van der Waals surface area contributed by atoms with E-state index in [0.717, 1.165) is 60.5 Å². The van der Waals surface area contributed by atoms with Gasteiger partial charge in [0.25, 0.3) is 5.91 Å². The van der Waals surface area contributed by atoms with E-state index >= 15 is 0 Å². The zero-order valence-electron chi connectivity index (χ0n) is 24.7. The summed E-state index contributed by atoms with van der Waals surface area (Å²) in [6, 6.07) is 16.1. The molecule has 14 heteroatoms. The number of halogens is 3. The lowest BCUT2D eigenvalue weighted by Gasteiger charge is -2.27. The quantitative estimate of drug-likeness (QED) is 0.161. The number of amides is 1. The molecule has 2 fully saturated rings. The Morgan fingerprint density at radius 1 is 0.891 bits per heavy atom. The maximum atomic E-state index is 14.0. The van der Waals surface area contributed by atoms with Crippen LogP contribution in [0.25, 0.3) is 16.3 Å². The van der Waals surface area contributed by atoms with Crippen molar-refractivity contribution in [3.63, 3.8) is 0 Å². The summed E-state index contributed by atoms with van der Waals surface area (Å²) in [6.07, 6.45) is 4.82. The van der Waals surface area contributed by atoms with Crippen LogP contribution in [0.2, 0.25) is 15.1 Å². The van der Waals surface area contributed by atoms with Gasteiger partial charge >= 0.3 is 0 Å². The van der Waals surface area contributed by atoms with Crippen LogP contribution in [0.15, 0.2) is 54.6 Å². The van der Waals surface area contributed by atoms with E-state index in [1.165, 1.54) is 15.8 Å². The first-order valence-electron chi connectivity index (χ1n) is 14.9. The number of rotatable bonds is 8. The topological polar surface area (TPSA) is 90.8 Å². The van der Waals surface area contributed by atoms with Gasteiger partial charge in [-0.05, 0) is 80.3 Å². The van der Waals surface area contributed by atoms with Crippen molar-refractivity contribution in [3.8, 4) is 28.1 Å². The smallest absolute Gasteiger partial charge is 0.283 e. The molecule has 2 saturated heterocycles. The average molecular weight is 718 g/mol. The number of benzene rings is 2. The van der Waals surface area contributed by atoms with Crippen molar-refractivity contribution >= 4 is 62.9 Å². The van der Waals surface area contributed by atoms with E-state index in [0.29, 0.717) is 45.1 Å². The highest BCUT2D eigenvalue weighted by atomic mass is 35.5. The number of hydrazine groups is 2. The van der Waals surface area contributed by atoms with Crippen LogP contribution in [0.3, 0.4) is 0 Å². The lowest BCUT2D eigenvalue weighted by atomic mass is 10.1. The molecule has 6 rings (SSSR count). The third kappa shape index (κ3) is 7.62. The number of carbonyl (C=O) groups is 1. The molecule has 2 aromatic carbocycles. The fraction of sp³-hybridized carbons (Fsp3) is 0.312. The Bertz CT molecular complexity index is 1860. The molecule has 0 radical (unpaired) electrons. The lowest BCUT2D eigenvalue weighted by Crippen LogP contribution is -2.45. The van der Waals surface area contributed by atoms with E-state index in [1.807, 2.05) is 34.3 Å². The Hall–Kier alpha value is -2.92. The normalized spacial score (nSPS) is 15.8. The van der Waals surface area contributed by atoms with Crippen molar-refractivity contribution in [1.82, 2.24) is 29.6 Å². The molecule has 0 spiro atoms. The third-order valence-electron chi connectivity index (χ3n) is 7.86. The minimum Gasteiger partial charge on any atom is -0.283 e. The first-order valence-corrected chi connectivity index (χ1v) is 18.0.